The topological polar surface area (TPSA) is 104 Å². The van der Waals surface area contributed by atoms with Crippen molar-refractivity contribution in [3.63, 3.8) is 0 Å². The second kappa shape index (κ2) is 14.5. The first-order valence-corrected chi connectivity index (χ1v) is 14.3. The van der Waals surface area contributed by atoms with Gasteiger partial charge in [-0.2, -0.15) is 0 Å². The largest absolute Gasteiger partial charge is 0.493 e. The van der Waals surface area contributed by atoms with Crippen molar-refractivity contribution in [2.45, 2.75) is 39.2 Å². The average molecular weight is 578 g/mol. The van der Waals surface area contributed by atoms with Gasteiger partial charge in [0, 0.05) is 55.1 Å². The summed E-state index contributed by atoms with van der Waals surface area (Å²) in [5, 5.41) is 11.2. The normalized spacial score (nSPS) is 13.8. The van der Waals surface area contributed by atoms with Gasteiger partial charge < -0.3 is 28.7 Å². The number of nitro groups is 1. The van der Waals surface area contributed by atoms with E-state index in [0.29, 0.717) is 41.7 Å². The Balaban J connectivity index is 1.53. The molecule has 0 aliphatic carbocycles. The number of methoxy groups -OCH3 is 2. The molecule has 3 aromatic carbocycles. The van der Waals surface area contributed by atoms with E-state index in [4.69, 9.17) is 18.9 Å². The van der Waals surface area contributed by atoms with Gasteiger partial charge in [-0.15, -0.1) is 0 Å². The third kappa shape index (κ3) is 7.30. The van der Waals surface area contributed by atoms with Crippen LogP contribution in [0.4, 0.5) is 11.4 Å². The van der Waals surface area contributed by atoms with Gasteiger partial charge in [-0.1, -0.05) is 6.07 Å². The van der Waals surface area contributed by atoms with Crippen LogP contribution in [0.5, 0.6) is 23.0 Å². The molecule has 1 aliphatic heterocycles. The molecule has 0 unspecified atom stereocenters. The molecule has 42 heavy (non-hydrogen) atoms. The summed E-state index contributed by atoms with van der Waals surface area (Å²) in [7, 11) is 3.26. The van der Waals surface area contributed by atoms with Crippen LogP contribution < -0.4 is 23.8 Å². The zero-order valence-electron chi connectivity index (χ0n) is 24.7. The van der Waals surface area contributed by atoms with E-state index in [1.54, 1.807) is 14.2 Å². The Morgan fingerprint density at radius 1 is 0.881 bits per heavy atom. The Morgan fingerprint density at radius 3 is 2.14 bits per heavy atom. The second-order valence-electron chi connectivity index (χ2n) is 9.99. The SMILES string of the molecule is CCOc1ccc(N(C(=O)c2ccc([N+](=O)[O-])cc2)C2CCN(CCc3ccc(OC)c(OC)c3)CC2)cc1OCC. The van der Waals surface area contributed by atoms with E-state index < -0.39 is 4.92 Å². The molecule has 1 aliphatic rings. The van der Waals surface area contributed by atoms with E-state index in [-0.39, 0.29) is 17.6 Å². The summed E-state index contributed by atoms with van der Waals surface area (Å²) >= 11 is 0. The van der Waals surface area contributed by atoms with Crippen LogP contribution in [0.15, 0.2) is 60.7 Å². The fourth-order valence-electron chi connectivity index (χ4n) is 5.27. The number of amides is 1. The van der Waals surface area contributed by atoms with E-state index in [1.165, 1.54) is 29.8 Å². The second-order valence-corrected chi connectivity index (χ2v) is 9.99. The lowest BCUT2D eigenvalue weighted by molar-refractivity contribution is -0.384. The van der Waals surface area contributed by atoms with Crippen molar-refractivity contribution in [2.75, 3.05) is 52.0 Å². The molecule has 0 atom stereocenters. The Morgan fingerprint density at radius 2 is 1.52 bits per heavy atom. The van der Waals surface area contributed by atoms with Crippen LogP contribution in [0.25, 0.3) is 0 Å². The molecule has 4 rings (SSSR count). The van der Waals surface area contributed by atoms with Crippen LogP contribution in [0.1, 0.15) is 42.6 Å². The van der Waals surface area contributed by atoms with Crippen LogP contribution in [0.3, 0.4) is 0 Å². The maximum atomic E-state index is 14.0. The van der Waals surface area contributed by atoms with Crippen molar-refractivity contribution in [3.05, 3.63) is 81.9 Å². The lowest BCUT2D eigenvalue weighted by Gasteiger charge is -2.39. The van der Waals surface area contributed by atoms with Gasteiger partial charge in [-0.3, -0.25) is 14.9 Å². The minimum atomic E-state index is -0.468. The van der Waals surface area contributed by atoms with Crippen LogP contribution in [0, 0.1) is 10.1 Å². The van der Waals surface area contributed by atoms with Crippen molar-refractivity contribution < 1.29 is 28.7 Å². The number of nitrogens with zero attached hydrogens (tertiary/aromatic N) is 3. The average Bonchev–Trinajstić information content (AvgIpc) is 3.02. The number of non-ortho nitro benzene ring substituents is 1. The number of hydrogen-bond donors (Lipinski definition) is 0. The summed E-state index contributed by atoms with van der Waals surface area (Å²) in [6, 6.07) is 17.3. The van der Waals surface area contributed by atoms with E-state index in [9.17, 15) is 14.9 Å². The first-order chi connectivity index (χ1) is 20.4. The summed E-state index contributed by atoms with van der Waals surface area (Å²) in [5.41, 5.74) is 2.21. The van der Waals surface area contributed by atoms with Gasteiger partial charge in [0.05, 0.1) is 32.4 Å². The van der Waals surface area contributed by atoms with Crippen molar-refractivity contribution in [1.29, 1.82) is 0 Å². The zero-order valence-corrected chi connectivity index (χ0v) is 24.7. The Labute approximate surface area is 246 Å². The number of anilines is 1. The van der Waals surface area contributed by atoms with Crippen LogP contribution in [-0.2, 0) is 6.42 Å². The van der Waals surface area contributed by atoms with Gasteiger partial charge in [0.2, 0.25) is 0 Å². The monoisotopic (exact) mass is 577 g/mol. The fraction of sp³-hybridized carbons (Fsp3) is 0.406. The molecule has 0 N–H and O–H groups in total. The highest BCUT2D eigenvalue weighted by Gasteiger charge is 2.31. The van der Waals surface area contributed by atoms with Crippen molar-refractivity contribution >= 4 is 17.3 Å². The number of piperidine rings is 1. The summed E-state index contributed by atoms with van der Waals surface area (Å²) in [6.45, 7) is 7.31. The van der Waals surface area contributed by atoms with Crippen molar-refractivity contribution in [1.82, 2.24) is 4.90 Å². The van der Waals surface area contributed by atoms with Crippen molar-refractivity contribution in [3.8, 4) is 23.0 Å². The quantitative estimate of drug-likeness (QED) is 0.187. The molecule has 1 saturated heterocycles. The minimum absolute atomic E-state index is 0.0550. The summed E-state index contributed by atoms with van der Waals surface area (Å²) in [6.07, 6.45) is 2.43. The first kappa shape index (κ1) is 30.6. The summed E-state index contributed by atoms with van der Waals surface area (Å²) < 4.78 is 22.4. The van der Waals surface area contributed by atoms with Crippen LogP contribution in [0.2, 0.25) is 0 Å². The predicted octanol–water partition coefficient (Wildman–Crippen LogP) is 5.76. The lowest BCUT2D eigenvalue weighted by Crippen LogP contribution is -2.48. The molecule has 1 amide bonds. The molecule has 10 nitrogen and oxygen atoms in total. The highest BCUT2D eigenvalue weighted by molar-refractivity contribution is 6.06. The smallest absolute Gasteiger partial charge is 0.269 e. The van der Waals surface area contributed by atoms with Gasteiger partial charge in [0.1, 0.15) is 0 Å². The van der Waals surface area contributed by atoms with Crippen LogP contribution in [-0.4, -0.2) is 68.8 Å². The molecule has 0 spiro atoms. The molecule has 0 saturated carbocycles. The third-order valence-electron chi connectivity index (χ3n) is 7.44. The number of carbonyl (C=O) groups is 1. The molecule has 1 heterocycles. The third-order valence-corrected chi connectivity index (χ3v) is 7.44. The van der Waals surface area contributed by atoms with Gasteiger partial charge in [-0.25, -0.2) is 0 Å². The van der Waals surface area contributed by atoms with Gasteiger partial charge in [0.15, 0.2) is 23.0 Å². The molecule has 0 radical (unpaired) electrons. The van der Waals surface area contributed by atoms with Gasteiger partial charge >= 0.3 is 0 Å². The van der Waals surface area contributed by atoms with E-state index in [2.05, 4.69) is 11.0 Å². The van der Waals surface area contributed by atoms with E-state index >= 15 is 0 Å². The first-order valence-electron chi connectivity index (χ1n) is 14.3. The van der Waals surface area contributed by atoms with Gasteiger partial charge in [0.25, 0.3) is 11.6 Å². The lowest BCUT2D eigenvalue weighted by atomic mass is 10.00. The minimum Gasteiger partial charge on any atom is -0.493 e. The summed E-state index contributed by atoms with van der Waals surface area (Å²) in [5.74, 6) is 2.42. The predicted molar refractivity (Wildman–Crippen MR) is 161 cm³/mol. The van der Waals surface area contributed by atoms with E-state index in [0.717, 1.165) is 44.6 Å². The number of carbonyl (C=O) groups excluding carboxylic acids is 1. The highest BCUT2D eigenvalue weighted by atomic mass is 16.6. The molecule has 0 aromatic heterocycles. The molecule has 10 heteroatoms. The fourth-order valence-corrected chi connectivity index (χ4v) is 5.27. The molecule has 224 valence electrons. The summed E-state index contributed by atoms with van der Waals surface area (Å²) in [4.78, 5) is 28.9. The number of ether oxygens (including phenoxy) is 4. The molecular weight excluding hydrogens is 538 g/mol. The highest BCUT2D eigenvalue weighted by Crippen LogP contribution is 2.35. The standard InChI is InChI=1S/C32H39N3O7/c1-5-41-29-14-12-27(22-31(29)42-6-2)34(32(36)24-8-10-26(11-9-24)35(37)38)25-16-19-33(20-17-25)18-15-23-7-13-28(39-3)30(21-23)40-4/h7-14,21-22,25H,5-6,15-20H2,1-4H3. The Hall–Kier alpha value is -4.31. The van der Waals surface area contributed by atoms with Crippen LogP contribution >= 0.6 is 0 Å². The molecule has 1 fully saturated rings. The number of benzene rings is 3. The van der Waals surface area contributed by atoms with Gasteiger partial charge in [-0.05, 0) is 75.1 Å². The maximum Gasteiger partial charge on any atom is 0.269 e. The molecular formula is C32H39N3O7. The van der Waals surface area contributed by atoms with Crippen molar-refractivity contribution in [2.24, 2.45) is 0 Å². The molecule has 3 aromatic rings. The zero-order chi connectivity index (χ0) is 30.1. The molecule has 0 bridgehead atoms. The van der Waals surface area contributed by atoms with E-state index in [1.807, 2.05) is 49.1 Å². The number of hydrogen-bond acceptors (Lipinski definition) is 8. The number of likely N-dealkylation sites (tertiary alicyclic amines) is 1. The Kier molecular flexibility index (Phi) is 10.6. The Bertz CT molecular complexity index is 1350. The maximum absolute atomic E-state index is 14.0. The number of rotatable bonds is 13. The number of nitro benzene ring substituents is 1.